The molecule has 0 aliphatic rings. The van der Waals surface area contributed by atoms with Gasteiger partial charge in [0.15, 0.2) is 0 Å². The minimum absolute atomic E-state index is 0.0476. The van der Waals surface area contributed by atoms with Crippen molar-refractivity contribution in [1.82, 2.24) is 15.3 Å². The highest BCUT2D eigenvalue weighted by Gasteiger charge is 2.30. The van der Waals surface area contributed by atoms with Crippen LogP contribution >= 0.6 is 0 Å². The molecule has 0 fully saturated rings. The second-order valence-corrected chi connectivity index (χ2v) is 5.52. The van der Waals surface area contributed by atoms with E-state index in [4.69, 9.17) is 4.74 Å². The highest BCUT2D eigenvalue weighted by Crippen LogP contribution is 2.31. The van der Waals surface area contributed by atoms with Crippen molar-refractivity contribution in [3.05, 3.63) is 47.3 Å². The largest absolute Gasteiger partial charge is 0.416 e. The molecule has 6 nitrogen and oxygen atoms in total. The third-order valence-corrected chi connectivity index (χ3v) is 3.34. The number of benzene rings is 1. The van der Waals surface area contributed by atoms with Crippen molar-refractivity contribution in [1.29, 1.82) is 0 Å². The number of carbonyl (C=O) groups excluding carboxylic acids is 1. The van der Waals surface area contributed by atoms with E-state index < -0.39 is 17.6 Å². The molecule has 0 bridgehead atoms. The Balaban J connectivity index is 2.13. The van der Waals surface area contributed by atoms with Crippen molar-refractivity contribution in [2.45, 2.75) is 19.5 Å². The third kappa shape index (κ3) is 5.69. The molecule has 140 valence electrons. The average Bonchev–Trinajstić information content (AvgIpc) is 2.57. The average molecular weight is 368 g/mol. The summed E-state index contributed by atoms with van der Waals surface area (Å²) in [5.74, 6) is -0.343. The maximum atomic E-state index is 12.8. The van der Waals surface area contributed by atoms with E-state index in [1.54, 1.807) is 14.0 Å². The Kier molecular flexibility index (Phi) is 6.51. The number of nitrogens with zero attached hydrogens (tertiary/aromatic N) is 2. The predicted molar refractivity (Wildman–Crippen MR) is 90.3 cm³/mol. The zero-order valence-electron chi connectivity index (χ0n) is 14.4. The molecule has 9 heteroatoms. The van der Waals surface area contributed by atoms with Gasteiger partial charge in [-0.2, -0.15) is 13.2 Å². The lowest BCUT2D eigenvalue weighted by Gasteiger charge is -2.11. The van der Waals surface area contributed by atoms with Crippen molar-refractivity contribution in [2.24, 2.45) is 0 Å². The molecule has 1 aromatic carbocycles. The van der Waals surface area contributed by atoms with Crippen molar-refractivity contribution < 1.29 is 22.7 Å². The van der Waals surface area contributed by atoms with Gasteiger partial charge < -0.3 is 15.4 Å². The smallest absolute Gasteiger partial charge is 0.385 e. The molecule has 0 saturated carbocycles. The van der Waals surface area contributed by atoms with Gasteiger partial charge in [-0.05, 0) is 37.6 Å². The molecular weight excluding hydrogens is 349 g/mol. The fourth-order valence-electron chi connectivity index (χ4n) is 2.15. The number of methoxy groups -OCH3 is 1. The van der Waals surface area contributed by atoms with Crippen LogP contribution in [0, 0.1) is 6.92 Å². The lowest BCUT2D eigenvalue weighted by molar-refractivity contribution is -0.137. The monoisotopic (exact) mass is 368 g/mol. The number of amides is 1. The summed E-state index contributed by atoms with van der Waals surface area (Å²) >= 11 is 0. The lowest BCUT2D eigenvalue weighted by Crippen LogP contribution is -2.26. The zero-order chi connectivity index (χ0) is 19.2. The molecule has 0 unspecified atom stereocenters. The number of rotatable bonds is 7. The van der Waals surface area contributed by atoms with Gasteiger partial charge in [0.2, 0.25) is 5.95 Å². The molecular formula is C17H19F3N4O2. The van der Waals surface area contributed by atoms with E-state index >= 15 is 0 Å². The number of hydrogen-bond acceptors (Lipinski definition) is 5. The van der Waals surface area contributed by atoms with Crippen LogP contribution in [0.3, 0.4) is 0 Å². The van der Waals surface area contributed by atoms with Gasteiger partial charge >= 0.3 is 6.18 Å². The van der Waals surface area contributed by atoms with Gasteiger partial charge in [0, 0.05) is 31.6 Å². The van der Waals surface area contributed by atoms with Crippen LogP contribution in [-0.4, -0.2) is 36.1 Å². The Bertz CT molecular complexity index is 766. The first-order chi connectivity index (χ1) is 12.3. The molecule has 2 rings (SSSR count). The van der Waals surface area contributed by atoms with Gasteiger partial charge in [0.25, 0.3) is 5.91 Å². The normalized spacial score (nSPS) is 11.3. The number of halogens is 3. The van der Waals surface area contributed by atoms with E-state index in [9.17, 15) is 18.0 Å². The van der Waals surface area contributed by atoms with E-state index in [0.717, 1.165) is 12.1 Å². The van der Waals surface area contributed by atoms with Gasteiger partial charge in [-0.1, -0.05) is 6.07 Å². The molecule has 0 radical (unpaired) electrons. The summed E-state index contributed by atoms with van der Waals surface area (Å²) in [5.41, 5.74) is 0.0315. The summed E-state index contributed by atoms with van der Waals surface area (Å²) in [7, 11) is 1.57. The molecule has 1 heterocycles. The molecule has 0 saturated heterocycles. The fourth-order valence-corrected chi connectivity index (χ4v) is 2.15. The summed E-state index contributed by atoms with van der Waals surface area (Å²) in [6.45, 7) is 2.61. The molecule has 0 aliphatic carbocycles. The van der Waals surface area contributed by atoms with Crippen LogP contribution in [0.15, 0.2) is 30.3 Å². The standard InChI is InChI=1S/C17H19F3N4O2/c1-11-9-14(15(25)21-7-4-8-26-2)24-16(22-11)23-13-6-3-5-12(10-13)17(18,19)20/h3,5-6,9-10H,4,7-8H2,1-2H3,(H,21,25)(H,22,23,24). The Labute approximate surface area is 148 Å². The number of nitrogens with one attached hydrogen (secondary N) is 2. The number of aryl methyl sites for hydroxylation is 1. The Morgan fingerprint density at radius 3 is 2.69 bits per heavy atom. The first-order valence-electron chi connectivity index (χ1n) is 7.86. The molecule has 0 spiro atoms. The number of aromatic nitrogens is 2. The summed E-state index contributed by atoms with van der Waals surface area (Å²) in [4.78, 5) is 20.3. The van der Waals surface area contributed by atoms with Gasteiger partial charge in [-0.15, -0.1) is 0 Å². The van der Waals surface area contributed by atoms with Crippen molar-refractivity contribution >= 4 is 17.5 Å². The minimum Gasteiger partial charge on any atom is -0.385 e. The van der Waals surface area contributed by atoms with Gasteiger partial charge in [0.1, 0.15) is 5.69 Å². The topological polar surface area (TPSA) is 76.1 Å². The molecule has 1 aromatic heterocycles. The second kappa shape index (κ2) is 8.61. The van der Waals surface area contributed by atoms with E-state index in [-0.39, 0.29) is 17.3 Å². The number of anilines is 2. The maximum Gasteiger partial charge on any atom is 0.416 e. The molecule has 2 N–H and O–H groups in total. The van der Waals surface area contributed by atoms with E-state index in [1.807, 2.05) is 0 Å². The van der Waals surface area contributed by atoms with Crippen molar-refractivity contribution in [3.8, 4) is 0 Å². The first kappa shape index (κ1) is 19.6. The summed E-state index contributed by atoms with van der Waals surface area (Å²) in [6.07, 6.45) is -3.79. The highest BCUT2D eigenvalue weighted by atomic mass is 19.4. The lowest BCUT2D eigenvalue weighted by atomic mass is 10.2. The second-order valence-electron chi connectivity index (χ2n) is 5.52. The highest BCUT2D eigenvalue weighted by molar-refractivity contribution is 5.92. The number of carbonyl (C=O) groups is 1. The Morgan fingerprint density at radius 2 is 2.00 bits per heavy atom. The third-order valence-electron chi connectivity index (χ3n) is 3.34. The summed E-state index contributed by atoms with van der Waals surface area (Å²) < 4.78 is 43.3. The van der Waals surface area contributed by atoms with E-state index in [1.165, 1.54) is 18.2 Å². The van der Waals surface area contributed by atoms with Gasteiger partial charge in [0.05, 0.1) is 5.56 Å². The molecule has 26 heavy (non-hydrogen) atoms. The molecule has 1 amide bonds. The maximum absolute atomic E-state index is 12.8. The van der Waals surface area contributed by atoms with Crippen LogP contribution in [0.2, 0.25) is 0 Å². The number of hydrogen-bond donors (Lipinski definition) is 2. The van der Waals surface area contributed by atoms with Crippen LogP contribution < -0.4 is 10.6 Å². The van der Waals surface area contributed by atoms with E-state index in [2.05, 4.69) is 20.6 Å². The Morgan fingerprint density at radius 1 is 1.23 bits per heavy atom. The number of alkyl halides is 3. The fraction of sp³-hybridized carbons (Fsp3) is 0.353. The van der Waals surface area contributed by atoms with Crippen LogP contribution in [-0.2, 0) is 10.9 Å². The van der Waals surface area contributed by atoms with Crippen LogP contribution in [0.4, 0.5) is 24.8 Å². The van der Waals surface area contributed by atoms with Crippen LogP contribution in [0.5, 0.6) is 0 Å². The van der Waals surface area contributed by atoms with Crippen molar-refractivity contribution in [3.63, 3.8) is 0 Å². The van der Waals surface area contributed by atoms with Crippen LogP contribution in [0.1, 0.15) is 28.2 Å². The minimum atomic E-state index is -4.45. The Hall–Kier alpha value is -2.68. The van der Waals surface area contributed by atoms with E-state index in [0.29, 0.717) is 25.3 Å². The molecule has 2 aromatic rings. The van der Waals surface area contributed by atoms with Crippen LogP contribution in [0.25, 0.3) is 0 Å². The quantitative estimate of drug-likeness (QED) is 0.734. The molecule has 0 aliphatic heterocycles. The van der Waals surface area contributed by atoms with Gasteiger partial charge in [-0.25, -0.2) is 9.97 Å². The number of ether oxygens (including phenoxy) is 1. The first-order valence-corrected chi connectivity index (χ1v) is 7.86. The van der Waals surface area contributed by atoms with Crippen molar-refractivity contribution in [2.75, 3.05) is 25.6 Å². The molecule has 0 atom stereocenters. The summed E-state index contributed by atoms with van der Waals surface area (Å²) in [6, 6.07) is 6.18. The zero-order valence-corrected chi connectivity index (χ0v) is 14.4. The van der Waals surface area contributed by atoms with Gasteiger partial charge in [-0.3, -0.25) is 4.79 Å². The predicted octanol–water partition coefficient (Wildman–Crippen LogP) is 3.31. The summed E-state index contributed by atoms with van der Waals surface area (Å²) in [5, 5.41) is 5.40. The SMILES string of the molecule is COCCCNC(=O)c1cc(C)nc(Nc2cccc(C(F)(F)F)c2)n1.